The number of carbonyl (C=O) groups is 4. The third-order valence-corrected chi connectivity index (χ3v) is 11.8. The lowest BCUT2D eigenvalue weighted by Gasteiger charge is -2.11. The van der Waals surface area contributed by atoms with Crippen LogP contribution in [0.4, 0.5) is 34.1 Å². The van der Waals surface area contributed by atoms with E-state index in [1.165, 1.54) is 0 Å². The molecule has 0 atom stereocenters. The predicted octanol–water partition coefficient (Wildman–Crippen LogP) is 12.6. The average molecular weight is 1000 g/mol. The Balaban J connectivity index is 0.000000139. The molecule has 0 aliphatic heterocycles. The number of nitrogens with zero attached hydrogens (tertiary/aromatic N) is 2. The zero-order chi connectivity index (χ0) is 53.6. The highest BCUT2D eigenvalue weighted by Gasteiger charge is 2.17. The Kier molecular flexibility index (Phi) is 16.3. The molecule has 9 aromatic carbocycles. The largest absolute Gasteiger partial charge is 0.478 e. The molecule has 0 aliphatic rings. The Morgan fingerprint density at radius 2 is 0.868 bits per heavy atom. The molecule has 14 nitrogen and oxygen atoms in total. The number of carboxylic acids is 2. The van der Waals surface area contributed by atoms with E-state index in [1.807, 2.05) is 133 Å². The van der Waals surface area contributed by atoms with E-state index < -0.39 is 11.9 Å². The molecule has 76 heavy (non-hydrogen) atoms. The van der Waals surface area contributed by atoms with Crippen LogP contribution in [0.2, 0.25) is 0 Å². The van der Waals surface area contributed by atoms with Gasteiger partial charge in [0.15, 0.2) is 0 Å². The van der Waals surface area contributed by atoms with Gasteiger partial charge in [0.25, 0.3) is 11.8 Å². The summed E-state index contributed by atoms with van der Waals surface area (Å²) in [5.74, 6) is -2.24. The van der Waals surface area contributed by atoms with Crippen LogP contribution in [0.3, 0.4) is 0 Å². The second-order valence-corrected chi connectivity index (χ2v) is 17.1. The van der Waals surface area contributed by atoms with Crippen LogP contribution in [-0.4, -0.2) is 43.9 Å². The molecule has 0 radical (unpaired) electrons. The fraction of sp³-hybridized carbons (Fsp3) is 0. The van der Waals surface area contributed by atoms with Gasteiger partial charge in [0.1, 0.15) is 5.69 Å². The lowest BCUT2D eigenvalue weighted by Crippen LogP contribution is -2.14. The zero-order valence-corrected chi connectivity index (χ0v) is 40.7. The smallest absolute Gasteiger partial charge is 0.336 e. The molecule has 14 heteroatoms. The maximum Gasteiger partial charge on any atom is 0.336 e. The number of hydrogen-bond donors (Lipinski definition) is 8. The van der Waals surface area contributed by atoms with Gasteiger partial charge in [0.2, 0.25) is 0 Å². The minimum absolute atomic E-state index is 0.160. The molecule has 11 rings (SSSR count). The summed E-state index contributed by atoms with van der Waals surface area (Å²) in [6.07, 6.45) is 3.16. The third-order valence-electron chi connectivity index (χ3n) is 11.8. The van der Waals surface area contributed by atoms with E-state index in [2.05, 4.69) is 20.6 Å². The molecular formula is C62H50N8O6. The Hall–Kier alpha value is -10.9. The third kappa shape index (κ3) is 13.2. The van der Waals surface area contributed by atoms with Crippen molar-refractivity contribution >= 4 is 90.2 Å². The SMILES string of the molecule is Nc1ccc(-c2ccc3ccccc3c2C(=O)O)cc1.Nc1ccc(NC(=O)c2ccncc2)cc1.Nc1ccc(NC(=O)c2nc(-c3ccc(N)cc3)cc3ccccc23)cc1.O=C(O)c1ccc2ccccc2c1. The van der Waals surface area contributed by atoms with Gasteiger partial charge in [-0.1, -0.05) is 115 Å². The van der Waals surface area contributed by atoms with Crippen LogP contribution in [0.25, 0.3) is 54.7 Å². The van der Waals surface area contributed by atoms with E-state index in [9.17, 15) is 24.3 Å². The summed E-state index contributed by atoms with van der Waals surface area (Å²) in [5.41, 5.74) is 31.5. The fourth-order valence-electron chi connectivity index (χ4n) is 7.93. The number of aromatic carboxylic acids is 2. The summed E-state index contributed by atoms with van der Waals surface area (Å²) in [7, 11) is 0. The van der Waals surface area contributed by atoms with Gasteiger partial charge in [-0.15, -0.1) is 0 Å². The summed E-state index contributed by atoms with van der Waals surface area (Å²) in [6.45, 7) is 0. The quantitative estimate of drug-likeness (QED) is 0.0661. The van der Waals surface area contributed by atoms with Gasteiger partial charge in [0, 0.05) is 63.0 Å². The molecule has 0 spiro atoms. The van der Waals surface area contributed by atoms with Crippen molar-refractivity contribution in [2.75, 3.05) is 33.6 Å². The molecule has 374 valence electrons. The first kappa shape index (κ1) is 51.5. The number of carboxylic acid groups (broad SMARTS) is 2. The predicted molar refractivity (Wildman–Crippen MR) is 305 cm³/mol. The number of hydrogen-bond acceptors (Lipinski definition) is 10. The van der Waals surface area contributed by atoms with Crippen molar-refractivity contribution in [2.45, 2.75) is 0 Å². The van der Waals surface area contributed by atoms with Gasteiger partial charge < -0.3 is 43.8 Å². The maximum atomic E-state index is 12.9. The molecule has 0 saturated carbocycles. The van der Waals surface area contributed by atoms with Gasteiger partial charge in [-0.25, -0.2) is 14.6 Å². The lowest BCUT2D eigenvalue weighted by molar-refractivity contribution is 0.0687. The first-order chi connectivity index (χ1) is 36.8. The van der Waals surface area contributed by atoms with Gasteiger partial charge >= 0.3 is 11.9 Å². The number of carbonyl (C=O) groups excluding carboxylic acids is 2. The van der Waals surface area contributed by atoms with Crippen LogP contribution in [0.1, 0.15) is 41.6 Å². The minimum atomic E-state index is -0.923. The standard InChI is InChI=1S/C22H18N4O.C17H13NO2.C12H11N3O.C11H8O2/c23-16-7-5-14(6-8-16)20-13-15-3-1-2-4-19(15)21(26-20)22(27)25-18-11-9-17(24)10-12-18;18-13-8-5-12(6-9-13)15-10-7-11-3-1-2-4-14(11)16(15)17(19)20;13-10-1-3-11(4-2-10)15-12(16)9-5-7-14-8-6-9;12-11(13)10-6-5-8-3-1-2-4-9(8)7-10/h1-13H,23-24H2,(H,25,27);1-10H,18H2,(H,19,20);1-8H,13H2,(H,15,16);1-7H,(H,12,13). The van der Waals surface area contributed by atoms with Crippen LogP contribution >= 0.6 is 0 Å². The van der Waals surface area contributed by atoms with E-state index in [0.29, 0.717) is 56.4 Å². The number of nitrogens with two attached hydrogens (primary N) is 4. The topological polar surface area (TPSA) is 263 Å². The highest BCUT2D eigenvalue weighted by atomic mass is 16.4. The van der Waals surface area contributed by atoms with Crippen LogP contribution in [0, 0.1) is 0 Å². The van der Waals surface area contributed by atoms with Crippen molar-refractivity contribution in [3.63, 3.8) is 0 Å². The fourth-order valence-corrected chi connectivity index (χ4v) is 7.93. The molecule has 0 saturated heterocycles. The van der Waals surface area contributed by atoms with Crippen molar-refractivity contribution in [1.29, 1.82) is 0 Å². The molecule has 2 amide bonds. The highest BCUT2D eigenvalue weighted by molar-refractivity contribution is 6.12. The van der Waals surface area contributed by atoms with Crippen LogP contribution < -0.4 is 33.6 Å². The highest BCUT2D eigenvalue weighted by Crippen LogP contribution is 2.31. The molecule has 0 bridgehead atoms. The van der Waals surface area contributed by atoms with Gasteiger partial charge in [-0.3, -0.25) is 14.6 Å². The van der Waals surface area contributed by atoms with Crippen molar-refractivity contribution < 1.29 is 29.4 Å². The summed E-state index contributed by atoms with van der Waals surface area (Å²) < 4.78 is 0. The first-order valence-corrected chi connectivity index (χ1v) is 23.6. The number of aromatic nitrogens is 2. The number of nitrogen functional groups attached to an aromatic ring is 4. The van der Waals surface area contributed by atoms with Crippen molar-refractivity contribution in [1.82, 2.24) is 9.97 Å². The first-order valence-electron chi connectivity index (χ1n) is 23.6. The monoisotopic (exact) mass is 1000 g/mol. The Morgan fingerprint density at radius 1 is 0.395 bits per heavy atom. The average Bonchev–Trinajstić information content (AvgIpc) is 3.45. The molecule has 11 aromatic rings. The summed E-state index contributed by atoms with van der Waals surface area (Å²) in [5, 5.41) is 29.4. The van der Waals surface area contributed by atoms with Crippen molar-refractivity contribution in [3.8, 4) is 22.4 Å². The second kappa shape index (κ2) is 24.0. The molecule has 2 aromatic heterocycles. The number of benzene rings is 9. The van der Waals surface area contributed by atoms with Gasteiger partial charge in [-0.05, 0) is 141 Å². The van der Waals surface area contributed by atoms with Crippen LogP contribution in [-0.2, 0) is 0 Å². The number of anilines is 6. The number of fused-ring (bicyclic) bond motifs is 3. The lowest BCUT2D eigenvalue weighted by atomic mass is 9.94. The minimum Gasteiger partial charge on any atom is -0.478 e. The number of amides is 2. The van der Waals surface area contributed by atoms with E-state index >= 15 is 0 Å². The van der Waals surface area contributed by atoms with E-state index in [1.54, 1.807) is 97.3 Å². The van der Waals surface area contributed by atoms with Gasteiger partial charge in [0.05, 0.1) is 16.8 Å². The van der Waals surface area contributed by atoms with E-state index in [4.69, 9.17) is 28.0 Å². The zero-order valence-electron chi connectivity index (χ0n) is 40.7. The van der Waals surface area contributed by atoms with Crippen LogP contribution in [0.5, 0.6) is 0 Å². The normalized spacial score (nSPS) is 10.4. The number of nitrogens with one attached hydrogen (secondary N) is 2. The molecule has 0 aliphatic carbocycles. The number of rotatable bonds is 8. The molecule has 2 heterocycles. The molecule has 0 unspecified atom stereocenters. The second-order valence-electron chi connectivity index (χ2n) is 17.1. The summed E-state index contributed by atoms with van der Waals surface area (Å²) in [6, 6.07) is 65.7. The molecule has 12 N–H and O–H groups in total. The van der Waals surface area contributed by atoms with Gasteiger partial charge in [-0.2, -0.15) is 0 Å². The Morgan fingerprint density at radius 3 is 1.43 bits per heavy atom. The maximum absolute atomic E-state index is 12.9. The van der Waals surface area contributed by atoms with E-state index in [-0.39, 0.29) is 11.8 Å². The molecular weight excluding hydrogens is 953 g/mol. The molecule has 0 fully saturated rings. The summed E-state index contributed by atoms with van der Waals surface area (Å²) in [4.78, 5) is 55.4. The van der Waals surface area contributed by atoms with E-state index in [0.717, 1.165) is 54.8 Å². The Bertz CT molecular complexity index is 3840. The van der Waals surface area contributed by atoms with Crippen molar-refractivity contribution in [2.24, 2.45) is 0 Å². The Labute approximate surface area is 436 Å². The van der Waals surface area contributed by atoms with Crippen LogP contribution in [0.15, 0.2) is 231 Å². The number of pyridine rings is 2. The summed E-state index contributed by atoms with van der Waals surface area (Å²) >= 11 is 0. The van der Waals surface area contributed by atoms with Crippen molar-refractivity contribution in [3.05, 3.63) is 253 Å².